The van der Waals surface area contributed by atoms with Gasteiger partial charge in [-0.3, -0.25) is 0 Å². The van der Waals surface area contributed by atoms with Crippen LogP contribution in [0.5, 0.6) is 0 Å². The molecule has 0 heterocycles. The highest BCUT2D eigenvalue weighted by Crippen LogP contribution is 2.29. The van der Waals surface area contributed by atoms with Gasteiger partial charge in [0.1, 0.15) is 0 Å². The second kappa shape index (κ2) is 7.19. The molecule has 0 saturated heterocycles. The van der Waals surface area contributed by atoms with E-state index < -0.39 is 0 Å². The summed E-state index contributed by atoms with van der Waals surface area (Å²) in [6.07, 6.45) is 9.35. The van der Waals surface area contributed by atoms with E-state index in [1.807, 2.05) is 11.8 Å². The van der Waals surface area contributed by atoms with Gasteiger partial charge < -0.3 is 5.32 Å². The number of thioether (sulfide) groups is 1. The fraction of sp³-hybridized carbons (Fsp3) is 0.846. The molecule has 86 valence electrons. The van der Waals surface area contributed by atoms with Crippen LogP contribution in [-0.2, 0) is 0 Å². The van der Waals surface area contributed by atoms with Gasteiger partial charge in [-0.2, -0.15) is 0 Å². The van der Waals surface area contributed by atoms with E-state index in [1.54, 1.807) is 0 Å². The van der Waals surface area contributed by atoms with Gasteiger partial charge in [-0.05, 0) is 18.3 Å². The van der Waals surface area contributed by atoms with E-state index in [1.165, 1.54) is 19.3 Å². The van der Waals surface area contributed by atoms with Gasteiger partial charge in [0, 0.05) is 18.3 Å². The van der Waals surface area contributed by atoms with E-state index in [4.69, 9.17) is 6.42 Å². The van der Waals surface area contributed by atoms with Gasteiger partial charge in [-0.1, -0.05) is 32.6 Å². The van der Waals surface area contributed by atoms with Crippen molar-refractivity contribution < 1.29 is 0 Å². The van der Waals surface area contributed by atoms with Crippen LogP contribution in [0.15, 0.2) is 0 Å². The molecule has 1 aliphatic carbocycles. The molecule has 0 aromatic carbocycles. The summed E-state index contributed by atoms with van der Waals surface area (Å²) >= 11 is 1.85. The minimum atomic E-state index is 0.736. The summed E-state index contributed by atoms with van der Waals surface area (Å²) in [5.41, 5.74) is 0. The molecule has 3 unspecified atom stereocenters. The lowest BCUT2D eigenvalue weighted by Gasteiger charge is -2.34. The van der Waals surface area contributed by atoms with Crippen molar-refractivity contribution in [3.63, 3.8) is 0 Å². The first-order valence-corrected chi connectivity index (χ1v) is 7.15. The highest BCUT2D eigenvalue weighted by atomic mass is 32.2. The monoisotopic (exact) mass is 225 g/mol. The third-order valence-corrected chi connectivity index (χ3v) is 4.41. The van der Waals surface area contributed by atoms with E-state index in [9.17, 15) is 0 Å². The van der Waals surface area contributed by atoms with Crippen molar-refractivity contribution in [3.8, 4) is 12.3 Å². The first-order valence-electron chi connectivity index (χ1n) is 6.00. The first-order chi connectivity index (χ1) is 7.25. The van der Waals surface area contributed by atoms with Crippen LogP contribution in [0.1, 0.15) is 33.1 Å². The van der Waals surface area contributed by atoms with Gasteiger partial charge in [0.2, 0.25) is 0 Å². The van der Waals surface area contributed by atoms with Crippen LogP contribution < -0.4 is 5.32 Å². The summed E-state index contributed by atoms with van der Waals surface area (Å²) in [5.74, 6) is 6.36. The molecular weight excluding hydrogens is 202 g/mol. The quantitative estimate of drug-likeness (QED) is 0.570. The standard InChI is InChI=1S/C13H23NS/c1-4-9-15-10-8-14-13-7-5-6-11(2)12(13)3/h1,11-14H,5-10H2,2-3H3. The van der Waals surface area contributed by atoms with E-state index in [0.29, 0.717) is 0 Å². The maximum atomic E-state index is 5.20. The van der Waals surface area contributed by atoms with E-state index >= 15 is 0 Å². The molecule has 1 nitrogen and oxygen atoms in total. The predicted octanol–water partition coefficient (Wildman–Crippen LogP) is 2.77. The maximum Gasteiger partial charge on any atom is 0.0545 e. The number of hydrogen-bond acceptors (Lipinski definition) is 2. The Bertz CT molecular complexity index is 209. The lowest BCUT2D eigenvalue weighted by molar-refractivity contribution is 0.210. The van der Waals surface area contributed by atoms with Crippen LogP contribution in [0.4, 0.5) is 0 Å². The Hall–Kier alpha value is -0.130. The van der Waals surface area contributed by atoms with Gasteiger partial charge in [0.25, 0.3) is 0 Å². The molecule has 0 amide bonds. The second-order valence-electron chi connectivity index (χ2n) is 4.58. The minimum absolute atomic E-state index is 0.736. The summed E-state index contributed by atoms with van der Waals surface area (Å²) in [4.78, 5) is 0. The molecule has 15 heavy (non-hydrogen) atoms. The Morgan fingerprint density at radius 2 is 2.20 bits per heavy atom. The van der Waals surface area contributed by atoms with Crippen molar-refractivity contribution in [1.29, 1.82) is 0 Å². The van der Waals surface area contributed by atoms with Gasteiger partial charge in [-0.15, -0.1) is 18.2 Å². The Morgan fingerprint density at radius 1 is 1.40 bits per heavy atom. The predicted molar refractivity (Wildman–Crippen MR) is 70.1 cm³/mol. The largest absolute Gasteiger partial charge is 0.313 e. The minimum Gasteiger partial charge on any atom is -0.313 e. The average molecular weight is 225 g/mol. The SMILES string of the molecule is C#CCSCCNC1CCCC(C)C1C. The third kappa shape index (κ3) is 4.49. The van der Waals surface area contributed by atoms with Gasteiger partial charge in [0.05, 0.1) is 5.75 Å². The molecule has 0 aromatic heterocycles. The van der Waals surface area contributed by atoms with Crippen LogP contribution in [0.25, 0.3) is 0 Å². The molecule has 1 aliphatic rings. The molecule has 0 spiro atoms. The Morgan fingerprint density at radius 3 is 2.93 bits per heavy atom. The van der Waals surface area contributed by atoms with Crippen molar-refractivity contribution >= 4 is 11.8 Å². The molecule has 0 aliphatic heterocycles. The molecule has 1 saturated carbocycles. The number of nitrogens with one attached hydrogen (secondary N) is 1. The van der Waals surface area contributed by atoms with E-state index in [2.05, 4.69) is 25.1 Å². The molecule has 1 N–H and O–H groups in total. The van der Waals surface area contributed by atoms with Crippen molar-refractivity contribution in [2.24, 2.45) is 11.8 Å². The van der Waals surface area contributed by atoms with Crippen molar-refractivity contribution in [1.82, 2.24) is 5.32 Å². The molecule has 1 fully saturated rings. The van der Waals surface area contributed by atoms with Crippen LogP contribution in [-0.4, -0.2) is 24.1 Å². The summed E-state index contributed by atoms with van der Waals surface area (Å²) in [7, 11) is 0. The van der Waals surface area contributed by atoms with Crippen LogP contribution in [0.2, 0.25) is 0 Å². The number of hydrogen-bond donors (Lipinski definition) is 1. The molecule has 3 atom stereocenters. The Labute approximate surface area is 98.8 Å². The molecule has 0 bridgehead atoms. The Balaban J connectivity index is 2.12. The topological polar surface area (TPSA) is 12.0 Å². The zero-order chi connectivity index (χ0) is 11.1. The fourth-order valence-corrected chi connectivity index (χ4v) is 2.84. The second-order valence-corrected chi connectivity index (χ2v) is 5.69. The van der Waals surface area contributed by atoms with Crippen molar-refractivity contribution in [2.45, 2.75) is 39.2 Å². The molecule has 0 aromatic rings. The zero-order valence-electron chi connectivity index (χ0n) is 9.96. The lowest BCUT2D eigenvalue weighted by atomic mass is 9.78. The summed E-state index contributed by atoms with van der Waals surface area (Å²) in [6, 6.07) is 0.736. The summed E-state index contributed by atoms with van der Waals surface area (Å²) in [5, 5.41) is 3.67. The number of rotatable bonds is 5. The van der Waals surface area contributed by atoms with Crippen LogP contribution >= 0.6 is 11.8 Å². The van der Waals surface area contributed by atoms with Gasteiger partial charge in [-0.25, -0.2) is 0 Å². The molecular formula is C13H23NS. The smallest absolute Gasteiger partial charge is 0.0545 e. The third-order valence-electron chi connectivity index (χ3n) is 3.55. The molecule has 2 heteroatoms. The molecule has 1 rings (SSSR count). The highest BCUT2D eigenvalue weighted by Gasteiger charge is 2.26. The fourth-order valence-electron chi connectivity index (χ4n) is 2.32. The van der Waals surface area contributed by atoms with E-state index in [-0.39, 0.29) is 0 Å². The highest BCUT2D eigenvalue weighted by molar-refractivity contribution is 7.99. The lowest BCUT2D eigenvalue weighted by Crippen LogP contribution is -2.41. The van der Waals surface area contributed by atoms with E-state index in [0.717, 1.165) is 35.9 Å². The molecule has 0 radical (unpaired) electrons. The summed E-state index contributed by atoms with van der Waals surface area (Å²) in [6.45, 7) is 5.87. The zero-order valence-corrected chi connectivity index (χ0v) is 10.8. The number of terminal acetylenes is 1. The van der Waals surface area contributed by atoms with Crippen LogP contribution in [0.3, 0.4) is 0 Å². The Kier molecular flexibility index (Phi) is 6.20. The van der Waals surface area contributed by atoms with Crippen LogP contribution in [0, 0.1) is 24.2 Å². The van der Waals surface area contributed by atoms with Crippen molar-refractivity contribution in [2.75, 3.05) is 18.1 Å². The van der Waals surface area contributed by atoms with Crippen molar-refractivity contribution in [3.05, 3.63) is 0 Å². The summed E-state index contributed by atoms with van der Waals surface area (Å²) < 4.78 is 0. The van der Waals surface area contributed by atoms with Gasteiger partial charge >= 0.3 is 0 Å². The average Bonchev–Trinajstić information content (AvgIpc) is 2.24. The maximum absolute atomic E-state index is 5.20. The van der Waals surface area contributed by atoms with Gasteiger partial charge in [0.15, 0.2) is 0 Å². The normalized spacial score (nSPS) is 31.1. The first kappa shape index (κ1) is 12.9.